The van der Waals surface area contributed by atoms with Gasteiger partial charge in [-0.1, -0.05) is 23.2 Å². The first-order chi connectivity index (χ1) is 10.7. The highest BCUT2D eigenvalue weighted by molar-refractivity contribution is 8.00. The minimum Gasteiger partial charge on any atom is -0.308 e. The average Bonchev–Trinajstić information content (AvgIpc) is 2.43. The number of rotatable bonds is 3. The third-order valence-electron chi connectivity index (χ3n) is 2.52. The van der Waals surface area contributed by atoms with Crippen molar-refractivity contribution in [3.8, 4) is 0 Å². The second-order valence-corrected chi connectivity index (χ2v) is 6.23. The lowest BCUT2D eigenvalue weighted by Gasteiger charge is -2.09. The van der Waals surface area contributed by atoms with Gasteiger partial charge in [0.15, 0.2) is 0 Å². The van der Waals surface area contributed by atoms with Crippen LogP contribution in [0.25, 0.3) is 0 Å². The molecule has 0 unspecified atom stereocenters. The highest BCUT2D eigenvalue weighted by Crippen LogP contribution is 2.37. The Hall–Kier alpha value is -1.57. The number of halogens is 5. The SMILES string of the molecule is O=C(Nc1ccc(SC(F)(F)F)cc1)Nc1ccc(Cl)c(Cl)c1. The molecule has 122 valence electrons. The van der Waals surface area contributed by atoms with Gasteiger partial charge in [0.2, 0.25) is 0 Å². The minimum absolute atomic E-state index is 0.0351. The molecule has 0 heterocycles. The number of hydrogen-bond acceptors (Lipinski definition) is 2. The van der Waals surface area contributed by atoms with Gasteiger partial charge < -0.3 is 10.6 Å². The largest absolute Gasteiger partial charge is 0.446 e. The molecule has 2 rings (SSSR count). The Balaban J connectivity index is 1.96. The third-order valence-corrected chi connectivity index (χ3v) is 4.00. The Kier molecular flexibility index (Phi) is 5.67. The maximum Gasteiger partial charge on any atom is 0.446 e. The Morgan fingerprint density at radius 1 is 0.913 bits per heavy atom. The third kappa shape index (κ3) is 5.85. The van der Waals surface area contributed by atoms with Gasteiger partial charge >= 0.3 is 11.5 Å². The van der Waals surface area contributed by atoms with Crippen molar-refractivity contribution >= 4 is 52.4 Å². The van der Waals surface area contributed by atoms with Crippen LogP contribution in [0.5, 0.6) is 0 Å². The molecule has 0 fully saturated rings. The van der Waals surface area contributed by atoms with Crippen molar-refractivity contribution in [2.24, 2.45) is 0 Å². The molecule has 0 aliphatic carbocycles. The summed E-state index contributed by atoms with van der Waals surface area (Å²) in [5, 5.41) is 5.68. The highest BCUT2D eigenvalue weighted by Gasteiger charge is 2.29. The molecule has 0 bridgehead atoms. The molecule has 0 saturated carbocycles. The van der Waals surface area contributed by atoms with Crippen molar-refractivity contribution in [3.05, 3.63) is 52.5 Å². The van der Waals surface area contributed by atoms with Gasteiger partial charge in [-0.2, -0.15) is 13.2 Å². The molecule has 0 spiro atoms. The van der Waals surface area contributed by atoms with Crippen LogP contribution in [0.4, 0.5) is 29.3 Å². The summed E-state index contributed by atoms with van der Waals surface area (Å²) in [5.41, 5.74) is -3.56. The second-order valence-electron chi connectivity index (χ2n) is 4.28. The van der Waals surface area contributed by atoms with Gasteiger partial charge in [-0.25, -0.2) is 4.79 Å². The molecule has 0 atom stereocenters. The zero-order valence-electron chi connectivity index (χ0n) is 11.2. The maximum absolute atomic E-state index is 12.2. The van der Waals surface area contributed by atoms with Crippen molar-refractivity contribution in [1.82, 2.24) is 0 Å². The van der Waals surface area contributed by atoms with Gasteiger partial charge in [-0.15, -0.1) is 0 Å². The molecular formula is C14H9Cl2F3N2OS. The first-order valence-corrected chi connectivity index (χ1v) is 7.69. The van der Waals surface area contributed by atoms with Crippen LogP contribution in [0, 0.1) is 0 Å². The van der Waals surface area contributed by atoms with Gasteiger partial charge in [-0.05, 0) is 54.2 Å². The standard InChI is InChI=1S/C14H9Cl2F3N2OS/c15-11-6-3-9(7-12(11)16)21-13(22)20-8-1-4-10(5-2-8)23-14(17,18)19/h1-7H,(H2,20,21,22). The molecule has 2 amide bonds. The number of amides is 2. The van der Waals surface area contributed by atoms with Crippen LogP contribution >= 0.6 is 35.0 Å². The number of hydrogen-bond donors (Lipinski definition) is 2. The fourth-order valence-corrected chi connectivity index (χ4v) is 2.44. The minimum atomic E-state index is -4.35. The van der Waals surface area contributed by atoms with Crippen molar-refractivity contribution in [1.29, 1.82) is 0 Å². The zero-order valence-corrected chi connectivity index (χ0v) is 13.6. The smallest absolute Gasteiger partial charge is 0.308 e. The number of carbonyl (C=O) groups excluding carboxylic acids is 1. The van der Waals surface area contributed by atoms with Crippen LogP contribution in [0.15, 0.2) is 47.4 Å². The van der Waals surface area contributed by atoms with Crippen LogP contribution < -0.4 is 10.6 Å². The predicted molar refractivity (Wildman–Crippen MR) is 87.5 cm³/mol. The van der Waals surface area contributed by atoms with E-state index >= 15 is 0 Å². The number of urea groups is 1. The van der Waals surface area contributed by atoms with E-state index in [1.54, 1.807) is 6.07 Å². The molecule has 2 N–H and O–H groups in total. The number of anilines is 2. The lowest BCUT2D eigenvalue weighted by molar-refractivity contribution is -0.0328. The van der Waals surface area contributed by atoms with E-state index in [9.17, 15) is 18.0 Å². The Labute approximate surface area is 144 Å². The maximum atomic E-state index is 12.2. The van der Waals surface area contributed by atoms with E-state index in [4.69, 9.17) is 23.2 Å². The van der Waals surface area contributed by atoms with E-state index in [0.717, 1.165) is 0 Å². The van der Waals surface area contributed by atoms with E-state index in [2.05, 4.69) is 10.6 Å². The Morgan fingerprint density at radius 2 is 1.48 bits per heavy atom. The van der Waals surface area contributed by atoms with Crippen molar-refractivity contribution < 1.29 is 18.0 Å². The predicted octanol–water partition coefficient (Wildman–Crippen LogP) is 6.25. The van der Waals surface area contributed by atoms with E-state index in [-0.39, 0.29) is 21.7 Å². The summed E-state index contributed by atoms with van der Waals surface area (Å²) < 4.78 is 36.7. The molecule has 0 aliphatic heterocycles. The molecular weight excluding hydrogens is 372 g/mol. The molecule has 2 aromatic rings. The Morgan fingerprint density at radius 3 is 2.04 bits per heavy atom. The number of thioether (sulfide) groups is 1. The van der Waals surface area contributed by atoms with Gasteiger partial charge in [0.25, 0.3) is 0 Å². The zero-order chi connectivity index (χ0) is 17.0. The summed E-state index contributed by atoms with van der Waals surface area (Å²) in [6.07, 6.45) is 0. The Bertz CT molecular complexity index is 708. The first kappa shape index (κ1) is 17.8. The summed E-state index contributed by atoms with van der Waals surface area (Å²) >= 11 is 11.4. The van der Waals surface area contributed by atoms with Gasteiger partial charge in [0.1, 0.15) is 0 Å². The van der Waals surface area contributed by atoms with Crippen LogP contribution in [-0.2, 0) is 0 Å². The summed E-state index contributed by atoms with van der Waals surface area (Å²) in [7, 11) is 0. The molecule has 9 heteroatoms. The quantitative estimate of drug-likeness (QED) is 0.617. The first-order valence-electron chi connectivity index (χ1n) is 6.12. The van der Waals surface area contributed by atoms with Crippen LogP contribution in [0.2, 0.25) is 10.0 Å². The van der Waals surface area contributed by atoms with E-state index in [1.165, 1.54) is 36.4 Å². The average molecular weight is 381 g/mol. The van der Waals surface area contributed by atoms with E-state index < -0.39 is 11.5 Å². The molecule has 23 heavy (non-hydrogen) atoms. The van der Waals surface area contributed by atoms with Gasteiger partial charge in [0.05, 0.1) is 10.0 Å². The summed E-state index contributed by atoms with van der Waals surface area (Å²) in [6.45, 7) is 0. The second kappa shape index (κ2) is 7.33. The number of carbonyl (C=O) groups is 1. The summed E-state index contributed by atoms with van der Waals surface area (Å²) in [4.78, 5) is 11.8. The number of benzene rings is 2. The summed E-state index contributed by atoms with van der Waals surface area (Å²) in [6, 6.07) is 9.32. The highest BCUT2D eigenvalue weighted by atomic mass is 35.5. The van der Waals surface area contributed by atoms with Crippen molar-refractivity contribution in [2.75, 3.05) is 10.6 Å². The lowest BCUT2D eigenvalue weighted by Crippen LogP contribution is -2.19. The van der Waals surface area contributed by atoms with Gasteiger partial charge in [0, 0.05) is 16.3 Å². The fraction of sp³-hybridized carbons (Fsp3) is 0.0714. The topological polar surface area (TPSA) is 41.1 Å². The van der Waals surface area contributed by atoms with Gasteiger partial charge in [-0.3, -0.25) is 0 Å². The van der Waals surface area contributed by atoms with Crippen LogP contribution in [0.3, 0.4) is 0 Å². The van der Waals surface area contributed by atoms with Crippen molar-refractivity contribution in [2.45, 2.75) is 10.4 Å². The van der Waals surface area contributed by atoms with Crippen LogP contribution in [0.1, 0.15) is 0 Å². The molecule has 0 aromatic heterocycles. The number of alkyl halides is 3. The molecule has 0 saturated heterocycles. The van der Waals surface area contributed by atoms with E-state index in [0.29, 0.717) is 16.4 Å². The summed E-state index contributed by atoms with van der Waals surface area (Å²) in [5.74, 6) is 0. The molecule has 2 aromatic carbocycles. The normalized spacial score (nSPS) is 11.2. The number of nitrogens with one attached hydrogen (secondary N) is 2. The fourth-order valence-electron chi connectivity index (χ4n) is 1.61. The molecule has 3 nitrogen and oxygen atoms in total. The molecule has 0 aliphatic rings. The van der Waals surface area contributed by atoms with Crippen molar-refractivity contribution in [3.63, 3.8) is 0 Å². The van der Waals surface area contributed by atoms with E-state index in [1.807, 2.05) is 0 Å². The lowest BCUT2D eigenvalue weighted by atomic mass is 10.3. The molecule has 0 radical (unpaired) electrons. The van der Waals surface area contributed by atoms with Crippen LogP contribution in [-0.4, -0.2) is 11.5 Å². The monoisotopic (exact) mass is 380 g/mol.